The molecule has 0 saturated carbocycles. The monoisotopic (exact) mass is 555 g/mol. The summed E-state index contributed by atoms with van der Waals surface area (Å²) in [5.41, 5.74) is 2.48. The lowest BCUT2D eigenvalue weighted by atomic mass is 9.95. The summed E-state index contributed by atoms with van der Waals surface area (Å²) in [6, 6.07) is 10.5. The van der Waals surface area contributed by atoms with Crippen LogP contribution in [-0.2, 0) is 27.8 Å². The first kappa shape index (κ1) is 27.1. The van der Waals surface area contributed by atoms with Gasteiger partial charge in [-0.05, 0) is 74.3 Å². The summed E-state index contributed by atoms with van der Waals surface area (Å²) in [6.07, 6.45) is 2.11. The normalized spacial score (nSPS) is 16.5. The van der Waals surface area contributed by atoms with Gasteiger partial charge >= 0.3 is 0 Å². The van der Waals surface area contributed by atoms with E-state index in [-0.39, 0.29) is 16.7 Å². The smallest absolute Gasteiger partial charge is 0.242 e. The lowest BCUT2D eigenvalue weighted by Crippen LogP contribution is -2.42. The molecule has 39 heavy (non-hydrogen) atoms. The molecule has 2 aromatic carbocycles. The summed E-state index contributed by atoms with van der Waals surface area (Å²) < 4.78 is 42.3. The van der Waals surface area contributed by atoms with Crippen molar-refractivity contribution in [3.05, 3.63) is 47.9 Å². The Morgan fingerprint density at radius 3 is 2.49 bits per heavy atom. The van der Waals surface area contributed by atoms with Crippen molar-refractivity contribution >= 4 is 21.6 Å². The van der Waals surface area contributed by atoms with Crippen molar-refractivity contribution in [2.75, 3.05) is 52.8 Å². The number of nitrogens with zero attached hydrogens (tertiary/aromatic N) is 5. The zero-order valence-electron chi connectivity index (χ0n) is 22.6. The molecule has 0 spiro atoms. The minimum Gasteiger partial charge on any atom is -0.493 e. The van der Waals surface area contributed by atoms with Gasteiger partial charge in [0.1, 0.15) is 0 Å². The predicted molar refractivity (Wildman–Crippen MR) is 144 cm³/mol. The predicted octanol–water partition coefficient (Wildman–Crippen LogP) is 2.81. The Morgan fingerprint density at radius 1 is 1.05 bits per heavy atom. The molecule has 1 aromatic heterocycles. The zero-order valence-corrected chi connectivity index (χ0v) is 23.4. The van der Waals surface area contributed by atoms with Gasteiger partial charge in [-0.3, -0.25) is 9.69 Å². The van der Waals surface area contributed by atoms with Crippen LogP contribution in [0, 0.1) is 5.92 Å². The molecule has 3 heterocycles. The molecule has 0 radical (unpaired) electrons. The number of methoxy groups -OCH3 is 2. The second-order valence-corrected chi connectivity index (χ2v) is 12.1. The van der Waals surface area contributed by atoms with Gasteiger partial charge in [-0.25, -0.2) is 12.7 Å². The molecule has 1 fully saturated rings. The van der Waals surface area contributed by atoms with Gasteiger partial charge in [0.05, 0.1) is 25.7 Å². The Bertz CT molecular complexity index is 1460. The highest BCUT2D eigenvalue weighted by Crippen LogP contribution is 2.34. The number of fused-ring (bicyclic) bond motifs is 1. The van der Waals surface area contributed by atoms with Crippen molar-refractivity contribution in [2.24, 2.45) is 5.92 Å². The maximum Gasteiger partial charge on any atom is 0.242 e. The summed E-state index contributed by atoms with van der Waals surface area (Å²) >= 11 is 0. The lowest BCUT2D eigenvalue weighted by molar-refractivity contribution is -0.123. The van der Waals surface area contributed by atoms with E-state index in [0.29, 0.717) is 42.7 Å². The molecule has 0 atom stereocenters. The van der Waals surface area contributed by atoms with Crippen molar-refractivity contribution in [3.63, 3.8) is 0 Å². The molecule has 208 valence electrons. The number of carbonyl (C=O) groups is 1. The van der Waals surface area contributed by atoms with Gasteiger partial charge in [0, 0.05) is 37.8 Å². The van der Waals surface area contributed by atoms with Crippen LogP contribution in [0.4, 0.5) is 5.69 Å². The lowest BCUT2D eigenvalue weighted by Gasteiger charge is -2.32. The minimum atomic E-state index is -3.51. The van der Waals surface area contributed by atoms with Crippen LogP contribution in [-0.4, -0.2) is 81.6 Å². The van der Waals surface area contributed by atoms with Crippen molar-refractivity contribution in [1.82, 2.24) is 19.3 Å². The van der Waals surface area contributed by atoms with Crippen LogP contribution in [0.1, 0.15) is 24.3 Å². The van der Waals surface area contributed by atoms with E-state index in [1.54, 1.807) is 38.5 Å². The number of piperidine rings is 1. The fraction of sp³-hybridized carbons (Fsp3) is 0.444. The van der Waals surface area contributed by atoms with E-state index in [1.807, 2.05) is 17.0 Å². The van der Waals surface area contributed by atoms with E-state index in [0.717, 1.165) is 42.7 Å². The SMILES string of the molecule is COc1ccc(-c2noc(CN3CCC(C(=O)N4CCc5cc(S(=O)(=O)N(C)C)ccc54)CC3)n2)cc1OC. The van der Waals surface area contributed by atoms with Gasteiger partial charge in [0.2, 0.25) is 27.6 Å². The van der Waals surface area contributed by atoms with E-state index in [1.165, 1.54) is 18.4 Å². The van der Waals surface area contributed by atoms with E-state index < -0.39 is 10.0 Å². The quantitative estimate of drug-likeness (QED) is 0.413. The number of hydrogen-bond acceptors (Lipinski definition) is 9. The molecule has 11 nitrogen and oxygen atoms in total. The molecule has 0 unspecified atom stereocenters. The summed E-state index contributed by atoms with van der Waals surface area (Å²) in [5.74, 6) is 2.23. The molecule has 0 N–H and O–H groups in total. The number of aromatic nitrogens is 2. The number of rotatable bonds is 8. The van der Waals surface area contributed by atoms with Crippen molar-refractivity contribution < 1.29 is 27.2 Å². The zero-order chi connectivity index (χ0) is 27.7. The number of anilines is 1. The first-order chi connectivity index (χ1) is 18.7. The van der Waals surface area contributed by atoms with Gasteiger partial charge < -0.3 is 18.9 Å². The third-order valence-corrected chi connectivity index (χ3v) is 9.21. The number of ether oxygens (including phenoxy) is 2. The highest BCUT2D eigenvalue weighted by atomic mass is 32.2. The molecule has 2 aliphatic heterocycles. The van der Waals surface area contributed by atoms with Crippen molar-refractivity contribution in [3.8, 4) is 22.9 Å². The molecular formula is C27H33N5O6S. The van der Waals surface area contributed by atoms with E-state index in [9.17, 15) is 13.2 Å². The van der Waals surface area contributed by atoms with Crippen LogP contribution in [0.15, 0.2) is 45.8 Å². The number of benzene rings is 2. The maximum absolute atomic E-state index is 13.4. The molecular weight excluding hydrogens is 522 g/mol. The fourth-order valence-corrected chi connectivity index (χ4v) is 6.09. The Hall–Kier alpha value is -3.48. The average molecular weight is 556 g/mol. The van der Waals surface area contributed by atoms with Gasteiger partial charge in [-0.2, -0.15) is 4.98 Å². The number of carbonyl (C=O) groups excluding carboxylic acids is 1. The fourth-order valence-electron chi connectivity index (χ4n) is 5.14. The largest absolute Gasteiger partial charge is 0.493 e. The van der Waals surface area contributed by atoms with Crippen LogP contribution in [0.25, 0.3) is 11.4 Å². The summed E-state index contributed by atoms with van der Waals surface area (Å²) in [7, 11) is 2.68. The van der Waals surface area contributed by atoms with Crippen LogP contribution in [0.2, 0.25) is 0 Å². The van der Waals surface area contributed by atoms with Crippen LogP contribution in [0.5, 0.6) is 11.5 Å². The van der Waals surface area contributed by atoms with Crippen molar-refractivity contribution in [1.29, 1.82) is 0 Å². The molecule has 3 aromatic rings. The molecule has 1 saturated heterocycles. The van der Waals surface area contributed by atoms with Crippen LogP contribution < -0.4 is 14.4 Å². The topological polar surface area (TPSA) is 118 Å². The van der Waals surface area contributed by atoms with E-state index in [4.69, 9.17) is 14.0 Å². The highest BCUT2D eigenvalue weighted by molar-refractivity contribution is 7.89. The number of hydrogen-bond donors (Lipinski definition) is 0. The third-order valence-electron chi connectivity index (χ3n) is 7.40. The van der Waals surface area contributed by atoms with Gasteiger partial charge in [-0.1, -0.05) is 5.16 Å². The summed E-state index contributed by atoms with van der Waals surface area (Å²) in [5, 5.41) is 4.12. The van der Waals surface area contributed by atoms with Gasteiger partial charge in [0.15, 0.2) is 11.5 Å². The average Bonchev–Trinajstić information content (AvgIpc) is 3.59. The van der Waals surface area contributed by atoms with E-state index >= 15 is 0 Å². The molecule has 0 bridgehead atoms. The Balaban J connectivity index is 1.18. The Morgan fingerprint density at radius 2 is 1.79 bits per heavy atom. The molecule has 0 aliphatic carbocycles. The second-order valence-electron chi connectivity index (χ2n) is 9.95. The Kier molecular flexibility index (Phi) is 7.61. The van der Waals surface area contributed by atoms with Crippen LogP contribution >= 0.6 is 0 Å². The van der Waals surface area contributed by atoms with Gasteiger partial charge in [0.25, 0.3) is 0 Å². The summed E-state index contributed by atoms with van der Waals surface area (Å²) in [6.45, 7) is 2.56. The number of likely N-dealkylation sites (tertiary alicyclic amines) is 1. The third kappa shape index (κ3) is 5.36. The Labute approximate surface area is 228 Å². The maximum atomic E-state index is 13.4. The van der Waals surface area contributed by atoms with Gasteiger partial charge in [-0.15, -0.1) is 0 Å². The van der Waals surface area contributed by atoms with E-state index in [2.05, 4.69) is 15.0 Å². The summed E-state index contributed by atoms with van der Waals surface area (Å²) in [4.78, 5) is 22.2. The standard InChI is InChI=1S/C27H33N5O6S/c1-30(2)39(34,35)21-6-7-22-19(15-21)11-14-32(22)27(33)18-9-12-31(13-10-18)17-25-28-26(29-38-25)20-5-8-23(36-3)24(16-20)37-4/h5-8,15-16,18H,9-14,17H2,1-4H3. The first-order valence-electron chi connectivity index (χ1n) is 12.9. The van der Waals surface area contributed by atoms with Crippen molar-refractivity contribution in [2.45, 2.75) is 30.7 Å². The number of amides is 1. The number of sulfonamides is 1. The molecule has 12 heteroatoms. The first-order valence-corrected chi connectivity index (χ1v) is 14.3. The molecule has 5 rings (SSSR count). The highest BCUT2D eigenvalue weighted by Gasteiger charge is 2.33. The molecule has 2 aliphatic rings. The second kappa shape index (κ2) is 10.9. The molecule has 1 amide bonds. The van der Waals surface area contributed by atoms with Crippen LogP contribution in [0.3, 0.4) is 0 Å². The minimum absolute atomic E-state index is 0.0811.